The summed E-state index contributed by atoms with van der Waals surface area (Å²) in [7, 11) is 0. The minimum atomic E-state index is -0.466. The summed E-state index contributed by atoms with van der Waals surface area (Å²) in [5, 5.41) is 0.149. The van der Waals surface area contributed by atoms with Crippen LogP contribution in [0.1, 0.15) is 53.5 Å². The van der Waals surface area contributed by atoms with Crippen molar-refractivity contribution in [2.24, 2.45) is 0 Å². The molecule has 2 aliphatic rings. The fraction of sp³-hybridized carbons (Fsp3) is 0.700. The Morgan fingerprint density at radius 1 is 1.19 bits per heavy atom. The molecule has 2 fully saturated rings. The van der Waals surface area contributed by atoms with Crippen molar-refractivity contribution in [2.75, 3.05) is 13.2 Å². The third kappa shape index (κ3) is 4.08. The van der Waals surface area contributed by atoms with E-state index in [1.54, 1.807) is 11.6 Å². The number of hydrogen-bond donors (Lipinski definition) is 0. The molecule has 0 aliphatic carbocycles. The first-order valence-electron chi connectivity index (χ1n) is 9.40. The van der Waals surface area contributed by atoms with Crippen molar-refractivity contribution in [3.8, 4) is 5.75 Å². The second kappa shape index (κ2) is 7.04. The van der Waals surface area contributed by atoms with E-state index in [1.165, 1.54) is 10.5 Å². The van der Waals surface area contributed by atoms with Gasteiger partial charge in [-0.05, 0) is 58.4 Å². The van der Waals surface area contributed by atoms with Crippen molar-refractivity contribution >= 4 is 17.8 Å². The van der Waals surface area contributed by atoms with Crippen LogP contribution in [0.5, 0.6) is 5.75 Å². The van der Waals surface area contributed by atoms with Crippen LogP contribution in [0.2, 0.25) is 5.31 Å². The summed E-state index contributed by atoms with van der Waals surface area (Å²) >= 11 is 1.80. The van der Waals surface area contributed by atoms with Gasteiger partial charge in [-0.2, -0.15) is 0 Å². The summed E-state index contributed by atoms with van der Waals surface area (Å²) < 4.78 is 23.4. The van der Waals surface area contributed by atoms with Crippen molar-refractivity contribution < 1.29 is 18.9 Å². The van der Waals surface area contributed by atoms with E-state index in [2.05, 4.69) is 46.8 Å². The lowest BCUT2D eigenvalue weighted by Crippen LogP contribution is -2.59. The molecule has 6 heteroatoms. The second-order valence-corrected chi connectivity index (χ2v) is 9.92. The molecule has 2 heterocycles. The van der Waals surface area contributed by atoms with Gasteiger partial charge in [0, 0.05) is 22.2 Å². The van der Waals surface area contributed by atoms with Gasteiger partial charge in [0.05, 0.1) is 19.3 Å². The first-order valence-corrected chi connectivity index (χ1v) is 10.3. The van der Waals surface area contributed by atoms with Crippen LogP contribution in [0.3, 0.4) is 0 Å². The van der Waals surface area contributed by atoms with E-state index >= 15 is 0 Å². The van der Waals surface area contributed by atoms with Crippen LogP contribution in [-0.2, 0) is 14.1 Å². The monoisotopic (exact) mass is 378 g/mol. The first-order chi connectivity index (χ1) is 12.0. The van der Waals surface area contributed by atoms with Gasteiger partial charge in [0.15, 0.2) is 5.79 Å². The number of benzene rings is 1. The topological polar surface area (TPSA) is 36.9 Å². The molecule has 0 bridgehead atoms. The van der Waals surface area contributed by atoms with Gasteiger partial charge >= 0.3 is 6.19 Å². The number of aryl methyl sites for hydroxylation is 1. The normalized spacial score (nSPS) is 25.8. The first kappa shape index (κ1) is 20.1. The SMILES string of the molecule is Cc1cc(OCCC2COC(C)(C)O2)ccc1SB1OC(C)(C)C1(C)C. The van der Waals surface area contributed by atoms with Gasteiger partial charge in [0.25, 0.3) is 0 Å². The summed E-state index contributed by atoms with van der Waals surface area (Å²) in [5.74, 6) is 0.436. The smallest absolute Gasteiger partial charge is 0.375 e. The van der Waals surface area contributed by atoms with Crippen molar-refractivity contribution in [3.63, 3.8) is 0 Å². The van der Waals surface area contributed by atoms with Crippen LogP contribution in [0.25, 0.3) is 0 Å². The van der Waals surface area contributed by atoms with E-state index in [4.69, 9.17) is 18.9 Å². The van der Waals surface area contributed by atoms with Gasteiger partial charge in [-0.1, -0.05) is 13.8 Å². The lowest BCUT2D eigenvalue weighted by atomic mass is 9.49. The molecule has 144 valence electrons. The zero-order valence-electron chi connectivity index (χ0n) is 17.0. The minimum absolute atomic E-state index is 0.0672. The Hall–Kier alpha value is -0.685. The van der Waals surface area contributed by atoms with Gasteiger partial charge < -0.3 is 18.9 Å². The summed E-state index contributed by atoms with van der Waals surface area (Å²) in [5.41, 5.74) is 1.15. The zero-order valence-corrected chi connectivity index (χ0v) is 17.9. The maximum absolute atomic E-state index is 6.08. The zero-order chi connectivity index (χ0) is 19.2. The fourth-order valence-corrected chi connectivity index (χ4v) is 4.63. The molecule has 0 spiro atoms. The maximum Gasteiger partial charge on any atom is 0.375 e. The predicted octanol–water partition coefficient (Wildman–Crippen LogP) is 5.08. The average Bonchev–Trinajstić information content (AvgIpc) is 2.88. The lowest BCUT2D eigenvalue weighted by Gasteiger charge is -2.56. The predicted molar refractivity (Wildman–Crippen MR) is 107 cm³/mol. The molecule has 2 saturated heterocycles. The van der Waals surface area contributed by atoms with Crippen molar-refractivity contribution in [3.05, 3.63) is 23.8 Å². The molecule has 0 saturated carbocycles. The van der Waals surface area contributed by atoms with Crippen LogP contribution in [0.15, 0.2) is 23.1 Å². The molecular formula is C20H31BO4S. The van der Waals surface area contributed by atoms with E-state index in [1.807, 2.05) is 19.9 Å². The Morgan fingerprint density at radius 2 is 1.92 bits per heavy atom. The molecule has 1 unspecified atom stereocenters. The lowest BCUT2D eigenvalue weighted by molar-refractivity contribution is -0.139. The van der Waals surface area contributed by atoms with E-state index in [9.17, 15) is 0 Å². The molecule has 3 rings (SSSR count). The van der Waals surface area contributed by atoms with Crippen molar-refractivity contribution in [2.45, 2.75) is 82.6 Å². The van der Waals surface area contributed by atoms with E-state index in [0.717, 1.165) is 12.2 Å². The summed E-state index contributed by atoms with van der Waals surface area (Å²) in [6, 6.07) is 6.29. The van der Waals surface area contributed by atoms with Gasteiger partial charge in [-0.3, -0.25) is 0 Å². The van der Waals surface area contributed by atoms with Gasteiger partial charge in [0.1, 0.15) is 5.75 Å². The standard InChI is InChI=1S/C20H31BO4S/c1-14-12-15(22-11-10-16-13-23-20(6,7)24-16)8-9-17(14)26-21-18(2,3)19(4,5)25-21/h8-9,12,16H,10-11,13H2,1-7H3. The largest absolute Gasteiger partial charge is 0.493 e. The second-order valence-electron chi connectivity index (χ2n) is 8.81. The highest BCUT2D eigenvalue weighted by atomic mass is 32.2. The number of hydrogen-bond acceptors (Lipinski definition) is 5. The molecule has 0 radical (unpaired) electrons. The Balaban J connectivity index is 1.50. The van der Waals surface area contributed by atoms with Crippen LogP contribution >= 0.6 is 11.6 Å². The Bertz CT molecular complexity index is 659. The van der Waals surface area contributed by atoms with Crippen LogP contribution in [-0.4, -0.2) is 36.9 Å². The highest BCUT2D eigenvalue weighted by Crippen LogP contribution is 2.58. The quantitative estimate of drug-likeness (QED) is 0.645. The third-order valence-corrected chi connectivity index (χ3v) is 7.31. The Morgan fingerprint density at radius 3 is 2.46 bits per heavy atom. The van der Waals surface area contributed by atoms with Crippen LogP contribution in [0.4, 0.5) is 0 Å². The Labute approximate surface area is 162 Å². The van der Waals surface area contributed by atoms with Gasteiger partial charge in [-0.25, -0.2) is 0 Å². The molecule has 0 aromatic heterocycles. The van der Waals surface area contributed by atoms with Crippen LogP contribution in [0, 0.1) is 6.92 Å². The van der Waals surface area contributed by atoms with Gasteiger partial charge in [0.2, 0.25) is 0 Å². The molecule has 1 aromatic rings. The molecule has 26 heavy (non-hydrogen) atoms. The number of ether oxygens (including phenoxy) is 3. The molecular weight excluding hydrogens is 347 g/mol. The number of rotatable bonds is 6. The fourth-order valence-electron chi connectivity index (χ4n) is 3.14. The van der Waals surface area contributed by atoms with E-state index in [0.29, 0.717) is 13.2 Å². The van der Waals surface area contributed by atoms with Crippen molar-refractivity contribution in [1.29, 1.82) is 0 Å². The summed E-state index contributed by atoms with van der Waals surface area (Å²) in [6.07, 6.45) is 1.13. The maximum atomic E-state index is 6.08. The highest BCUT2D eigenvalue weighted by Gasteiger charge is 2.59. The highest BCUT2D eigenvalue weighted by molar-refractivity contribution is 8.25. The van der Waals surface area contributed by atoms with Gasteiger partial charge in [-0.15, -0.1) is 11.6 Å². The molecule has 2 aliphatic heterocycles. The minimum Gasteiger partial charge on any atom is -0.493 e. The molecule has 0 N–H and O–H groups in total. The molecule has 4 nitrogen and oxygen atoms in total. The third-order valence-electron chi connectivity index (χ3n) is 5.70. The molecule has 1 aromatic carbocycles. The van der Waals surface area contributed by atoms with Crippen LogP contribution < -0.4 is 4.74 Å². The van der Waals surface area contributed by atoms with E-state index in [-0.39, 0.29) is 23.2 Å². The summed E-state index contributed by atoms with van der Waals surface area (Å²) in [4.78, 5) is 1.25. The average molecular weight is 378 g/mol. The Kier molecular flexibility index (Phi) is 5.44. The molecule has 1 atom stereocenters. The van der Waals surface area contributed by atoms with Crippen molar-refractivity contribution in [1.82, 2.24) is 0 Å². The molecule has 0 amide bonds. The van der Waals surface area contributed by atoms with E-state index < -0.39 is 5.79 Å². The summed E-state index contributed by atoms with van der Waals surface area (Å²) in [6.45, 7) is 16.2.